The number of carbonyl (C=O) groups excluding carboxylic acids is 2. The molecule has 0 fully saturated rings. The van der Waals surface area contributed by atoms with Gasteiger partial charge in [0.05, 0.1) is 6.61 Å². The summed E-state index contributed by atoms with van der Waals surface area (Å²) in [4.78, 5) is 33.8. The van der Waals surface area contributed by atoms with Crippen LogP contribution in [0.2, 0.25) is 0 Å². The Morgan fingerprint density at radius 1 is 1.32 bits per heavy atom. The summed E-state index contributed by atoms with van der Waals surface area (Å²) in [5, 5.41) is 0. The molecule has 9 nitrogen and oxygen atoms in total. The molecule has 0 aliphatic rings. The number of imidazole rings is 1. The second-order valence-electron chi connectivity index (χ2n) is 5.91. The van der Waals surface area contributed by atoms with Crippen LogP contribution < -0.4 is 5.73 Å². The normalized spacial score (nSPS) is 10.8. The van der Waals surface area contributed by atoms with Crippen LogP contribution in [0.4, 0.5) is 5.82 Å². The van der Waals surface area contributed by atoms with Crippen LogP contribution in [0.5, 0.6) is 0 Å². The van der Waals surface area contributed by atoms with Crippen molar-refractivity contribution in [1.29, 1.82) is 0 Å². The van der Waals surface area contributed by atoms with Crippen LogP contribution in [0.25, 0.3) is 11.2 Å². The van der Waals surface area contributed by atoms with Gasteiger partial charge < -0.3 is 15.2 Å². The van der Waals surface area contributed by atoms with Gasteiger partial charge in [0.15, 0.2) is 21.7 Å². The van der Waals surface area contributed by atoms with Crippen LogP contribution >= 0.6 is 15.9 Å². The summed E-state index contributed by atoms with van der Waals surface area (Å²) in [7, 11) is 0. The lowest BCUT2D eigenvalue weighted by Gasteiger charge is -2.19. The number of rotatable bonds is 3. The lowest BCUT2D eigenvalue weighted by Crippen LogP contribution is -2.26. The van der Waals surface area contributed by atoms with E-state index in [-0.39, 0.29) is 24.3 Å². The maximum absolute atomic E-state index is 11.8. The third-order valence-corrected chi connectivity index (χ3v) is 3.17. The SMILES string of the molecule is CC(C)(C)OC(=O)Cn1c(Br)nc2c(N)ncnc21.CCOC(C)=O. The zero-order chi connectivity index (χ0) is 19.2. The zero-order valence-electron chi connectivity index (χ0n) is 14.9. The van der Waals surface area contributed by atoms with Gasteiger partial charge in [-0.3, -0.25) is 14.2 Å². The number of ether oxygens (including phenoxy) is 2. The third-order valence-electron chi connectivity index (χ3n) is 2.57. The van der Waals surface area contributed by atoms with Gasteiger partial charge in [-0.1, -0.05) is 0 Å². The molecule has 0 unspecified atom stereocenters. The van der Waals surface area contributed by atoms with Gasteiger partial charge >= 0.3 is 11.9 Å². The molecular formula is C15H22BrN5O4. The molecule has 0 aliphatic carbocycles. The molecule has 0 aliphatic heterocycles. The number of nitrogens with zero attached hydrogens (tertiary/aromatic N) is 4. The van der Waals surface area contributed by atoms with Gasteiger partial charge in [-0.15, -0.1) is 0 Å². The van der Waals surface area contributed by atoms with Crippen LogP contribution in [0.1, 0.15) is 34.6 Å². The highest BCUT2D eigenvalue weighted by Gasteiger charge is 2.20. The first-order valence-corrected chi connectivity index (χ1v) is 8.31. The molecule has 0 saturated carbocycles. The molecule has 2 aromatic rings. The Labute approximate surface area is 154 Å². The maximum atomic E-state index is 11.8. The van der Waals surface area contributed by atoms with E-state index in [1.54, 1.807) is 11.5 Å². The van der Waals surface area contributed by atoms with Crippen molar-refractivity contribution in [2.45, 2.75) is 46.8 Å². The first-order valence-electron chi connectivity index (χ1n) is 7.52. The minimum absolute atomic E-state index is 0.00477. The first kappa shape index (κ1) is 20.8. The number of anilines is 1. The van der Waals surface area contributed by atoms with Crippen molar-refractivity contribution in [1.82, 2.24) is 19.5 Å². The molecule has 0 spiro atoms. The van der Waals surface area contributed by atoms with Gasteiger partial charge in [0, 0.05) is 6.92 Å². The molecule has 2 heterocycles. The number of halogens is 1. The molecular weight excluding hydrogens is 394 g/mol. The quantitative estimate of drug-likeness (QED) is 0.596. The van der Waals surface area contributed by atoms with Crippen molar-refractivity contribution in [2.75, 3.05) is 12.3 Å². The van der Waals surface area contributed by atoms with Crippen molar-refractivity contribution < 1.29 is 19.1 Å². The fourth-order valence-corrected chi connectivity index (χ4v) is 2.24. The molecule has 2 aromatic heterocycles. The third kappa shape index (κ3) is 6.65. The summed E-state index contributed by atoms with van der Waals surface area (Å²) in [5.74, 6) is -0.309. The van der Waals surface area contributed by atoms with Gasteiger partial charge in [-0.2, -0.15) is 0 Å². The largest absolute Gasteiger partial charge is 0.466 e. The average Bonchev–Trinajstić information content (AvgIpc) is 2.76. The minimum Gasteiger partial charge on any atom is -0.466 e. The molecule has 0 saturated heterocycles. The van der Waals surface area contributed by atoms with Gasteiger partial charge in [0.1, 0.15) is 18.5 Å². The molecule has 0 bridgehead atoms. The number of esters is 2. The van der Waals surface area contributed by atoms with Crippen molar-refractivity contribution in [3.8, 4) is 0 Å². The van der Waals surface area contributed by atoms with E-state index < -0.39 is 5.60 Å². The van der Waals surface area contributed by atoms with E-state index in [0.29, 0.717) is 22.5 Å². The van der Waals surface area contributed by atoms with Crippen LogP contribution in [-0.4, -0.2) is 43.7 Å². The summed E-state index contributed by atoms with van der Waals surface area (Å²) in [6.45, 7) is 9.09. The smallest absolute Gasteiger partial charge is 0.326 e. The molecule has 10 heteroatoms. The number of carbonyl (C=O) groups is 2. The number of nitrogen functional groups attached to an aromatic ring is 1. The highest BCUT2D eigenvalue weighted by atomic mass is 79.9. The Morgan fingerprint density at radius 2 is 1.96 bits per heavy atom. The van der Waals surface area contributed by atoms with Gasteiger partial charge in [0.2, 0.25) is 0 Å². The van der Waals surface area contributed by atoms with E-state index in [9.17, 15) is 9.59 Å². The average molecular weight is 416 g/mol. The Morgan fingerprint density at radius 3 is 2.44 bits per heavy atom. The Balaban J connectivity index is 0.000000450. The summed E-state index contributed by atoms with van der Waals surface area (Å²) in [6, 6.07) is 0. The lowest BCUT2D eigenvalue weighted by molar-refractivity contribution is -0.155. The van der Waals surface area contributed by atoms with Crippen molar-refractivity contribution in [2.24, 2.45) is 0 Å². The highest BCUT2D eigenvalue weighted by Crippen LogP contribution is 2.21. The number of hydrogen-bond acceptors (Lipinski definition) is 8. The predicted molar refractivity (Wildman–Crippen MR) is 95.6 cm³/mol. The lowest BCUT2D eigenvalue weighted by atomic mass is 10.2. The van der Waals surface area contributed by atoms with E-state index in [1.165, 1.54) is 13.3 Å². The van der Waals surface area contributed by atoms with Gasteiger partial charge in [-0.25, -0.2) is 15.0 Å². The Bertz CT molecular complexity index is 754. The summed E-state index contributed by atoms with van der Waals surface area (Å²) < 4.78 is 11.7. The van der Waals surface area contributed by atoms with Gasteiger partial charge in [-0.05, 0) is 43.6 Å². The summed E-state index contributed by atoms with van der Waals surface area (Å²) in [6.07, 6.45) is 1.33. The topological polar surface area (TPSA) is 122 Å². The van der Waals surface area contributed by atoms with Crippen LogP contribution in [-0.2, 0) is 25.6 Å². The monoisotopic (exact) mass is 415 g/mol. The molecule has 2 N–H and O–H groups in total. The van der Waals surface area contributed by atoms with E-state index >= 15 is 0 Å². The zero-order valence-corrected chi connectivity index (χ0v) is 16.5. The number of nitrogens with two attached hydrogens (primary N) is 1. The predicted octanol–water partition coefficient (Wildman–Crippen LogP) is 2.08. The highest BCUT2D eigenvalue weighted by molar-refractivity contribution is 9.10. The van der Waals surface area contributed by atoms with Crippen molar-refractivity contribution in [3.63, 3.8) is 0 Å². The van der Waals surface area contributed by atoms with E-state index in [1.807, 2.05) is 20.8 Å². The van der Waals surface area contributed by atoms with Crippen molar-refractivity contribution >= 4 is 44.9 Å². The molecule has 0 amide bonds. The fraction of sp³-hybridized carbons (Fsp3) is 0.533. The van der Waals surface area contributed by atoms with Crippen LogP contribution in [0.3, 0.4) is 0 Å². The Kier molecular flexibility index (Phi) is 7.28. The van der Waals surface area contributed by atoms with E-state index in [2.05, 4.69) is 35.6 Å². The van der Waals surface area contributed by atoms with E-state index in [4.69, 9.17) is 10.5 Å². The second-order valence-corrected chi connectivity index (χ2v) is 6.62. The van der Waals surface area contributed by atoms with Crippen LogP contribution in [0, 0.1) is 0 Å². The van der Waals surface area contributed by atoms with Gasteiger partial charge in [0.25, 0.3) is 0 Å². The minimum atomic E-state index is -0.534. The number of hydrogen-bond donors (Lipinski definition) is 1. The molecule has 0 radical (unpaired) electrons. The summed E-state index contributed by atoms with van der Waals surface area (Å²) >= 11 is 3.27. The van der Waals surface area contributed by atoms with Crippen molar-refractivity contribution in [3.05, 3.63) is 11.1 Å². The van der Waals surface area contributed by atoms with E-state index in [0.717, 1.165) is 0 Å². The maximum Gasteiger partial charge on any atom is 0.326 e. The molecule has 0 aromatic carbocycles. The molecule has 2 rings (SSSR count). The Hall–Kier alpha value is -2.23. The number of aromatic nitrogens is 4. The second kappa shape index (κ2) is 8.75. The fourth-order valence-electron chi connectivity index (χ4n) is 1.77. The summed E-state index contributed by atoms with van der Waals surface area (Å²) in [5.41, 5.74) is 6.12. The molecule has 25 heavy (non-hydrogen) atoms. The number of fused-ring (bicyclic) bond motifs is 1. The molecule has 0 atom stereocenters. The first-order chi connectivity index (χ1) is 11.5. The van der Waals surface area contributed by atoms with Crippen LogP contribution in [0.15, 0.2) is 11.1 Å². The standard InChI is InChI=1S/C11H14BrN5O2.C4H8O2/c1-11(2,3)19-6(18)4-17-9-7(16-10(17)12)8(13)14-5-15-9;1-3-6-4(2)5/h5H,4H2,1-3H3,(H2,13,14,15);3H2,1-2H3. The molecule has 138 valence electrons.